The fraction of sp³-hybridized carbons (Fsp3) is 0.500. The molecule has 1 unspecified atom stereocenters. The smallest absolute Gasteiger partial charge is 0.257 e. The van der Waals surface area contributed by atoms with Crippen LogP contribution in [0.2, 0.25) is 0 Å². The lowest BCUT2D eigenvalue weighted by Gasteiger charge is -2.28. The summed E-state index contributed by atoms with van der Waals surface area (Å²) in [5, 5.41) is 9.96. The van der Waals surface area contributed by atoms with E-state index >= 15 is 0 Å². The number of aromatic hydroxyl groups is 1. The Bertz CT molecular complexity index is 429. The third-order valence-corrected chi connectivity index (χ3v) is 3.35. The molecule has 0 saturated carbocycles. The van der Waals surface area contributed by atoms with Crippen molar-refractivity contribution in [2.75, 3.05) is 14.2 Å². The van der Waals surface area contributed by atoms with Gasteiger partial charge in [-0.25, -0.2) is 0 Å². The van der Waals surface area contributed by atoms with Crippen molar-refractivity contribution in [3.63, 3.8) is 0 Å². The van der Waals surface area contributed by atoms with E-state index in [0.29, 0.717) is 11.7 Å². The van der Waals surface area contributed by atoms with Gasteiger partial charge in [0.2, 0.25) is 0 Å². The number of hydrogen-bond donors (Lipinski definition) is 1. The molecule has 0 heterocycles. The second-order valence-corrected chi connectivity index (χ2v) is 4.76. The summed E-state index contributed by atoms with van der Waals surface area (Å²) in [5.74, 6) is 0.360. The van der Waals surface area contributed by atoms with Crippen LogP contribution in [0, 0.1) is 5.92 Å². The Morgan fingerprint density at radius 3 is 2.44 bits per heavy atom. The van der Waals surface area contributed by atoms with Gasteiger partial charge in [0.05, 0.1) is 12.7 Å². The van der Waals surface area contributed by atoms with E-state index in [4.69, 9.17) is 4.74 Å². The Hall–Kier alpha value is -1.71. The van der Waals surface area contributed by atoms with Gasteiger partial charge < -0.3 is 14.7 Å². The minimum atomic E-state index is -0.201. The molecule has 0 aliphatic rings. The summed E-state index contributed by atoms with van der Waals surface area (Å²) in [7, 11) is 3.20. The van der Waals surface area contributed by atoms with Gasteiger partial charge in [-0.1, -0.05) is 19.9 Å². The monoisotopic (exact) mass is 251 g/mol. The summed E-state index contributed by atoms with van der Waals surface area (Å²) in [6.07, 6.45) is 0. The van der Waals surface area contributed by atoms with Crippen LogP contribution in [0.1, 0.15) is 31.1 Å². The minimum Gasteiger partial charge on any atom is -0.504 e. The van der Waals surface area contributed by atoms with Crippen molar-refractivity contribution in [2.24, 2.45) is 5.92 Å². The fourth-order valence-electron chi connectivity index (χ4n) is 1.68. The number of phenols is 1. The summed E-state index contributed by atoms with van der Waals surface area (Å²) >= 11 is 0. The minimum absolute atomic E-state index is 0.100. The van der Waals surface area contributed by atoms with Crippen molar-refractivity contribution >= 4 is 5.91 Å². The molecule has 0 radical (unpaired) electrons. The molecule has 0 aliphatic carbocycles. The quantitative estimate of drug-likeness (QED) is 0.894. The van der Waals surface area contributed by atoms with Crippen LogP contribution in [-0.2, 0) is 0 Å². The van der Waals surface area contributed by atoms with E-state index in [9.17, 15) is 9.90 Å². The maximum absolute atomic E-state index is 12.3. The van der Waals surface area contributed by atoms with E-state index in [0.717, 1.165) is 0 Å². The predicted octanol–water partition coefficient (Wildman–Crippen LogP) is 2.52. The number of rotatable bonds is 4. The zero-order chi connectivity index (χ0) is 13.9. The predicted molar refractivity (Wildman–Crippen MR) is 71.1 cm³/mol. The van der Waals surface area contributed by atoms with Gasteiger partial charge in [0, 0.05) is 13.1 Å². The van der Waals surface area contributed by atoms with Crippen LogP contribution in [0.3, 0.4) is 0 Å². The molecule has 0 bridgehead atoms. The number of phenolic OH excluding ortho intramolecular Hbond substituents is 1. The highest BCUT2D eigenvalue weighted by molar-refractivity contribution is 5.97. The molecule has 0 saturated heterocycles. The summed E-state index contributed by atoms with van der Waals surface area (Å²) in [6.45, 7) is 6.10. The van der Waals surface area contributed by atoms with Gasteiger partial charge >= 0.3 is 0 Å². The van der Waals surface area contributed by atoms with E-state index in [1.165, 1.54) is 7.11 Å². The second-order valence-electron chi connectivity index (χ2n) is 4.76. The standard InChI is InChI=1S/C14H21NO3/c1-9(2)10(3)15(4)14(17)11-7-6-8-12(18-5)13(11)16/h6-10,16H,1-5H3. The molecule has 100 valence electrons. The molecule has 0 spiro atoms. The SMILES string of the molecule is COc1cccc(C(=O)N(C)C(C)C(C)C)c1O. The average Bonchev–Trinajstić information content (AvgIpc) is 2.36. The van der Waals surface area contributed by atoms with Crippen molar-refractivity contribution in [1.82, 2.24) is 4.90 Å². The number of carbonyl (C=O) groups is 1. The molecular formula is C14H21NO3. The summed E-state index contributed by atoms with van der Waals surface area (Å²) < 4.78 is 5.00. The van der Waals surface area contributed by atoms with Crippen molar-refractivity contribution in [3.05, 3.63) is 23.8 Å². The Kier molecular flexibility index (Phi) is 4.59. The van der Waals surface area contributed by atoms with Gasteiger partial charge in [-0.3, -0.25) is 4.79 Å². The Labute approximate surface area is 108 Å². The molecule has 4 heteroatoms. The van der Waals surface area contributed by atoms with Gasteiger partial charge in [0.15, 0.2) is 11.5 Å². The van der Waals surface area contributed by atoms with Crippen molar-refractivity contribution in [3.8, 4) is 11.5 Å². The topological polar surface area (TPSA) is 49.8 Å². The summed E-state index contributed by atoms with van der Waals surface area (Å²) in [6, 6.07) is 5.02. The summed E-state index contributed by atoms with van der Waals surface area (Å²) in [4.78, 5) is 13.9. The maximum Gasteiger partial charge on any atom is 0.257 e. The van der Waals surface area contributed by atoms with Gasteiger partial charge in [-0.15, -0.1) is 0 Å². The Balaban J connectivity index is 3.04. The molecule has 1 N–H and O–H groups in total. The third-order valence-electron chi connectivity index (χ3n) is 3.35. The number of amides is 1. The van der Waals surface area contributed by atoms with Crippen LogP contribution in [0.5, 0.6) is 11.5 Å². The van der Waals surface area contributed by atoms with Crippen molar-refractivity contribution < 1.29 is 14.6 Å². The molecule has 0 fully saturated rings. The van der Waals surface area contributed by atoms with E-state index in [-0.39, 0.29) is 23.3 Å². The zero-order valence-electron chi connectivity index (χ0n) is 11.6. The first-order valence-electron chi connectivity index (χ1n) is 6.03. The second kappa shape index (κ2) is 5.76. The first-order chi connectivity index (χ1) is 8.40. The lowest BCUT2D eigenvalue weighted by molar-refractivity contribution is 0.0703. The molecule has 1 aromatic rings. The highest BCUT2D eigenvalue weighted by atomic mass is 16.5. The van der Waals surface area contributed by atoms with Gasteiger partial charge in [-0.05, 0) is 25.0 Å². The molecule has 18 heavy (non-hydrogen) atoms. The van der Waals surface area contributed by atoms with Crippen LogP contribution < -0.4 is 4.74 Å². The molecule has 4 nitrogen and oxygen atoms in total. The molecule has 0 aliphatic heterocycles. The maximum atomic E-state index is 12.3. The normalized spacial score (nSPS) is 12.3. The molecule has 1 rings (SSSR count). The molecule has 1 amide bonds. The van der Waals surface area contributed by atoms with Crippen molar-refractivity contribution in [2.45, 2.75) is 26.8 Å². The first kappa shape index (κ1) is 14.4. The van der Waals surface area contributed by atoms with Gasteiger partial charge in [-0.2, -0.15) is 0 Å². The van der Waals surface area contributed by atoms with Crippen LogP contribution in [0.4, 0.5) is 0 Å². The van der Waals surface area contributed by atoms with Gasteiger partial charge in [0.1, 0.15) is 0 Å². The first-order valence-corrected chi connectivity index (χ1v) is 6.03. The molecule has 0 aromatic heterocycles. The highest BCUT2D eigenvalue weighted by Gasteiger charge is 2.23. The number of para-hydroxylation sites is 1. The number of ether oxygens (including phenoxy) is 1. The van der Waals surface area contributed by atoms with E-state index < -0.39 is 0 Å². The lowest BCUT2D eigenvalue weighted by Crippen LogP contribution is -2.38. The van der Waals surface area contributed by atoms with Crippen LogP contribution in [0.25, 0.3) is 0 Å². The number of nitrogens with zero attached hydrogens (tertiary/aromatic N) is 1. The van der Waals surface area contributed by atoms with E-state index in [1.807, 2.05) is 6.92 Å². The molecule has 1 atom stereocenters. The van der Waals surface area contributed by atoms with Crippen molar-refractivity contribution in [1.29, 1.82) is 0 Å². The van der Waals surface area contributed by atoms with Crippen LogP contribution in [-0.4, -0.2) is 36.1 Å². The zero-order valence-corrected chi connectivity index (χ0v) is 11.6. The van der Waals surface area contributed by atoms with Gasteiger partial charge in [0.25, 0.3) is 5.91 Å². The Morgan fingerprint density at radius 1 is 1.33 bits per heavy atom. The number of benzene rings is 1. The summed E-state index contributed by atoms with van der Waals surface area (Å²) in [5.41, 5.74) is 0.268. The molecular weight excluding hydrogens is 230 g/mol. The number of carbonyl (C=O) groups excluding carboxylic acids is 1. The van der Waals surface area contributed by atoms with E-state index in [1.54, 1.807) is 30.1 Å². The largest absolute Gasteiger partial charge is 0.504 e. The lowest BCUT2D eigenvalue weighted by atomic mass is 10.0. The van der Waals surface area contributed by atoms with Crippen LogP contribution >= 0.6 is 0 Å². The highest BCUT2D eigenvalue weighted by Crippen LogP contribution is 2.30. The van der Waals surface area contributed by atoms with Crippen LogP contribution in [0.15, 0.2) is 18.2 Å². The fourth-order valence-corrected chi connectivity index (χ4v) is 1.68. The number of methoxy groups -OCH3 is 1. The third kappa shape index (κ3) is 2.75. The Morgan fingerprint density at radius 2 is 1.94 bits per heavy atom. The molecule has 1 aromatic carbocycles. The van der Waals surface area contributed by atoms with E-state index in [2.05, 4.69) is 13.8 Å². The average molecular weight is 251 g/mol. The number of hydrogen-bond acceptors (Lipinski definition) is 3.